The molecule has 0 saturated carbocycles. The molecule has 2 nitrogen and oxygen atoms in total. The minimum atomic E-state index is -0.933. The van der Waals surface area contributed by atoms with Crippen LogP contribution < -0.4 is 0 Å². The highest BCUT2D eigenvalue weighted by Gasteiger charge is 2.12. The van der Waals surface area contributed by atoms with Gasteiger partial charge in [-0.1, -0.05) is 55.1 Å². The monoisotopic (exact) mass is 260 g/mol. The first-order valence-electron chi connectivity index (χ1n) is 5.27. The molecule has 0 unspecified atom stereocenters. The number of hydrogen-bond donors (Lipinski definition) is 1. The summed E-state index contributed by atoms with van der Waals surface area (Å²) in [5.41, 5.74) is 2.59. The van der Waals surface area contributed by atoms with Crippen molar-refractivity contribution in [2.45, 2.75) is 0 Å². The van der Waals surface area contributed by atoms with Crippen LogP contribution in [-0.2, 0) is 0 Å². The van der Waals surface area contributed by atoms with Crippen LogP contribution >= 0.6 is 12.4 Å². The molecule has 0 amide bonds. The largest absolute Gasteiger partial charge is 0.478 e. The van der Waals surface area contributed by atoms with Crippen LogP contribution in [0.5, 0.6) is 0 Å². The van der Waals surface area contributed by atoms with Crippen molar-refractivity contribution in [2.24, 2.45) is 0 Å². The SMILES string of the molecule is C=C(c1ccccc1)c1ccccc1C(=O)O.Cl. The van der Waals surface area contributed by atoms with E-state index in [1.54, 1.807) is 18.2 Å². The standard InChI is InChI=1S/C15H12O2.ClH/c1-11(12-7-3-2-4-8-12)13-9-5-6-10-14(13)15(16)17;/h2-10H,1H2,(H,16,17);1H. The molecule has 0 aliphatic rings. The van der Waals surface area contributed by atoms with Gasteiger partial charge in [-0.05, 0) is 22.8 Å². The molecule has 2 aromatic carbocycles. The smallest absolute Gasteiger partial charge is 0.336 e. The predicted molar refractivity (Wildman–Crippen MR) is 75.2 cm³/mol. The fourth-order valence-corrected chi connectivity index (χ4v) is 1.73. The van der Waals surface area contributed by atoms with Crippen molar-refractivity contribution in [1.82, 2.24) is 0 Å². The van der Waals surface area contributed by atoms with E-state index in [9.17, 15) is 4.79 Å². The molecule has 18 heavy (non-hydrogen) atoms. The Kier molecular flexibility index (Phi) is 4.69. The van der Waals surface area contributed by atoms with Gasteiger partial charge in [0.1, 0.15) is 0 Å². The molecule has 0 aliphatic carbocycles. The summed E-state index contributed by atoms with van der Waals surface area (Å²) in [4.78, 5) is 11.1. The van der Waals surface area contributed by atoms with Crippen molar-refractivity contribution < 1.29 is 9.90 Å². The Balaban J connectivity index is 0.00000162. The first-order valence-corrected chi connectivity index (χ1v) is 5.27. The number of halogens is 1. The van der Waals surface area contributed by atoms with Gasteiger partial charge in [0.2, 0.25) is 0 Å². The highest BCUT2D eigenvalue weighted by Crippen LogP contribution is 2.24. The molecule has 1 N–H and O–H groups in total. The van der Waals surface area contributed by atoms with Crippen molar-refractivity contribution in [3.05, 3.63) is 77.9 Å². The van der Waals surface area contributed by atoms with Gasteiger partial charge >= 0.3 is 5.97 Å². The molecule has 0 spiro atoms. The second-order valence-electron chi connectivity index (χ2n) is 3.70. The normalized spacial score (nSPS) is 9.33. The predicted octanol–water partition coefficient (Wildman–Crippen LogP) is 3.87. The summed E-state index contributed by atoms with van der Waals surface area (Å²) < 4.78 is 0. The van der Waals surface area contributed by atoms with Crippen LogP contribution in [0.1, 0.15) is 21.5 Å². The lowest BCUT2D eigenvalue weighted by Crippen LogP contribution is -2.01. The summed E-state index contributed by atoms with van der Waals surface area (Å²) in [6.45, 7) is 3.97. The van der Waals surface area contributed by atoms with Gasteiger partial charge in [-0.3, -0.25) is 0 Å². The lowest BCUT2D eigenvalue weighted by molar-refractivity contribution is 0.0696. The van der Waals surface area contributed by atoms with Gasteiger partial charge in [0.25, 0.3) is 0 Å². The molecule has 0 aliphatic heterocycles. The molecule has 0 saturated heterocycles. The summed E-state index contributed by atoms with van der Waals surface area (Å²) in [5.74, 6) is -0.933. The minimum absolute atomic E-state index is 0. The topological polar surface area (TPSA) is 37.3 Å². The number of rotatable bonds is 3. The molecule has 0 radical (unpaired) electrons. The molecule has 2 aromatic rings. The molecule has 0 heterocycles. The van der Waals surface area contributed by atoms with Gasteiger partial charge in [-0.15, -0.1) is 12.4 Å². The molecule has 0 atom stereocenters. The van der Waals surface area contributed by atoms with Crippen LogP contribution in [0.4, 0.5) is 0 Å². The van der Waals surface area contributed by atoms with E-state index in [1.165, 1.54) is 0 Å². The molecule has 3 heteroatoms. The fourth-order valence-electron chi connectivity index (χ4n) is 1.73. The summed E-state index contributed by atoms with van der Waals surface area (Å²) in [6.07, 6.45) is 0. The highest BCUT2D eigenvalue weighted by molar-refractivity contribution is 5.96. The highest BCUT2D eigenvalue weighted by atomic mass is 35.5. The lowest BCUT2D eigenvalue weighted by Gasteiger charge is -2.09. The van der Waals surface area contributed by atoms with Crippen molar-refractivity contribution in [3.63, 3.8) is 0 Å². The Morgan fingerprint density at radius 2 is 1.39 bits per heavy atom. The van der Waals surface area contributed by atoms with Crippen molar-refractivity contribution in [2.75, 3.05) is 0 Å². The number of carbonyl (C=O) groups is 1. The molecular weight excluding hydrogens is 248 g/mol. The van der Waals surface area contributed by atoms with E-state index < -0.39 is 5.97 Å². The summed E-state index contributed by atoms with van der Waals surface area (Å²) in [7, 11) is 0. The van der Waals surface area contributed by atoms with Gasteiger partial charge < -0.3 is 5.11 Å². The van der Waals surface area contributed by atoms with E-state index in [1.807, 2.05) is 36.4 Å². The zero-order chi connectivity index (χ0) is 12.3. The number of carboxylic acid groups (broad SMARTS) is 1. The third-order valence-corrected chi connectivity index (χ3v) is 2.60. The van der Waals surface area contributed by atoms with Crippen molar-refractivity contribution in [1.29, 1.82) is 0 Å². The molecule has 92 valence electrons. The van der Waals surface area contributed by atoms with Gasteiger partial charge in [0, 0.05) is 0 Å². The van der Waals surface area contributed by atoms with E-state index in [2.05, 4.69) is 6.58 Å². The maximum absolute atomic E-state index is 11.1. The van der Waals surface area contributed by atoms with Crippen LogP contribution in [0.2, 0.25) is 0 Å². The molecule has 0 aromatic heterocycles. The summed E-state index contributed by atoms with van der Waals surface area (Å²) in [5, 5.41) is 9.12. The molecule has 0 bridgehead atoms. The Hall–Kier alpha value is -2.06. The van der Waals surface area contributed by atoms with Crippen molar-refractivity contribution in [3.8, 4) is 0 Å². The van der Waals surface area contributed by atoms with Gasteiger partial charge in [0.15, 0.2) is 0 Å². The summed E-state index contributed by atoms with van der Waals surface area (Å²) in [6, 6.07) is 16.5. The van der Waals surface area contributed by atoms with Crippen molar-refractivity contribution >= 4 is 23.9 Å². The number of benzene rings is 2. The van der Waals surface area contributed by atoms with E-state index in [-0.39, 0.29) is 18.0 Å². The Bertz CT molecular complexity index is 562. The van der Waals surface area contributed by atoms with E-state index in [4.69, 9.17) is 5.11 Å². The quantitative estimate of drug-likeness (QED) is 0.910. The fraction of sp³-hybridized carbons (Fsp3) is 0. The Morgan fingerprint density at radius 1 is 0.889 bits per heavy atom. The average molecular weight is 261 g/mol. The third-order valence-electron chi connectivity index (χ3n) is 2.60. The van der Waals surface area contributed by atoms with Gasteiger partial charge in [-0.2, -0.15) is 0 Å². The van der Waals surface area contributed by atoms with Gasteiger partial charge in [-0.25, -0.2) is 4.79 Å². The number of aromatic carboxylic acids is 1. The van der Waals surface area contributed by atoms with Gasteiger partial charge in [0.05, 0.1) is 5.56 Å². The van der Waals surface area contributed by atoms with Crippen LogP contribution in [0.3, 0.4) is 0 Å². The molecule has 0 fully saturated rings. The maximum Gasteiger partial charge on any atom is 0.336 e. The second kappa shape index (κ2) is 6.03. The second-order valence-corrected chi connectivity index (χ2v) is 3.70. The first-order chi connectivity index (χ1) is 8.20. The Morgan fingerprint density at radius 3 is 1.94 bits per heavy atom. The summed E-state index contributed by atoms with van der Waals surface area (Å²) >= 11 is 0. The Labute approximate surface area is 112 Å². The van der Waals surface area contributed by atoms with Crippen LogP contribution in [0.25, 0.3) is 5.57 Å². The minimum Gasteiger partial charge on any atom is -0.478 e. The third kappa shape index (κ3) is 2.79. The number of hydrogen-bond acceptors (Lipinski definition) is 1. The first kappa shape index (κ1) is 14.0. The van der Waals surface area contributed by atoms with Crippen LogP contribution in [0, 0.1) is 0 Å². The number of carboxylic acids is 1. The zero-order valence-corrected chi connectivity index (χ0v) is 10.5. The lowest BCUT2D eigenvalue weighted by atomic mass is 9.95. The van der Waals surface area contributed by atoms with Crippen LogP contribution in [0.15, 0.2) is 61.2 Å². The molecule has 2 rings (SSSR count). The van der Waals surface area contributed by atoms with Crippen LogP contribution in [-0.4, -0.2) is 11.1 Å². The zero-order valence-electron chi connectivity index (χ0n) is 9.67. The van der Waals surface area contributed by atoms with E-state index >= 15 is 0 Å². The van der Waals surface area contributed by atoms with E-state index in [0.29, 0.717) is 5.56 Å². The maximum atomic E-state index is 11.1. The molecular formula is C15H13ClO2. The van der Waals surface area contributed by atoms with E-state index in [0.717, 1.165) is 11.1 Å². The average Bonchev–Trinajstić information content (AvgIpc) is 2.39.